The van der Waals surface area contributed by atoms with Crippen LogP contribution in [0.5, 0.6) is 0 Å². The van der Waals surface area contributed by atoms with Crippen LogP contribution in [0.3, 0.4) is 0 Å². The largest absolute Gasteiger partial charge is 0.458 e. The van der Waals surface area contributed by atoms with Gasteiger partial charge in [0.05, 0.1) is 6.42 Å². The standard InChI is InChI=1S/C15H15N5O2/c1-7(2)12-17-14-9-6-11(21)16-13(9)18-15(20(14)19-12)10-5-4-8(3)22-10/h4-5,7H,6H2,1-3H3,(H,16,21). The van der Waals surface area contributed by atoms with E-state index in [4.69, 9.17) is 4.42 Å². The van der Waals surface area contributed by atoms with E-state index in [0.29, 0.717) is 23.0 Å². The van der Waals surface area contributed by atoms with E-state index in [1.807, 2.05) is 32.9 Å². The van der Waals surface area contributed by atoms with Gasteiger partial charge in [-0.3, -0.25) is 4.79 Å². The fraction of sp³-hybridized carbons (Fsp3) is 0.333. The summed E-state index contributed by atoms with van der Waals surface area (Å²) in [5, 5.41) is 7.32. The number of nitrogens with one attached hydrogen (secondary N) is 1. The number of anilines is 1. The summed E-state index contributed by atoms with van der Waals surface area (Å²) in [5.41, 5.74) is 1.45. The minimum Gasteiger partial charge on any atom is -0.458 e. The number of nitrogens with zero attached hydrogens (tertiary/aromatic N) is 4. The highest BCUT2D eigenvalue weighted by molar-refractivity contribution is 6.00. The van der Waals surface area contributed by atoms with Gasteiger partial charge in [-0.25, -0.2) is 9.97 Å². The first-order valence-electron chi connectivity index (χ1n) is 7.19. The number of hydrogen-bond donors (Lipinski definition) is 1. The average Bonchev–Trinajstić information content (AvgIpc) is 3.13. The second kappa shape index (κ2) is 4.40. The highest BCUT2D eigenvalue weighted by Gasteiger charge is 2.27. The lowest BCUT2D eigenvalue weighted by Crippen LogP contribution is -2.05. The van der Waals surface area contributed by atoms with E-state index in [-0.39, 0.29) is 18.2 Å². The summed E-state index contributed by atoms with van der Waals surface area (Å²) in [5.74, 6) is 3.31. The second-order valence-electron chi connectivity index (χ2n) is 5.76. The molecular weight excluding hydrogens is 282 g/mol. The second-order valence-corrected chi connectivity index (χ2v) is 5.76. The number of hydrogen-bond acceptors (Lipinski definition) is 5. The number of carbonyl (C=O) groups is 1. The summed E-state index contributed by atoms with van der Waals surface area (Å²) < 4.78 is 7.34. The molecule has 7 nitrogen and oxygen atoms in total. The van der Waals surface area contributed by atoms with Crippen LogP contribution in [0.25, 0.3) is 17.2 Å². The number of carbonyl (C=O) groups excluding carboxylic acids is 1. The van der Waals surface area contributed by atoms with Gasteiger partial charge in [0.25, 0.3) is 0 Å². The molecule has 1 N–H and O–H groups in total. The first-order valence-corrected chi connectivity index (χ1v) is 7.19. The Morgan fingerprint density at radius 2 is 2.14 bits per heavy atom. The van der Waals surface area contributed by atoms with Crippen LogP contribution < -0.4 is 5.32 Å². The number of aromatic nitrogens is 4. The molecule has 4 rings (SSSR count). The maximum atomic E-state index is 11.7. The molecule has 0 saturated carbocycles. The maximum absolute atomic E-state index is 11.7. The molecule has 0 bridgehead atoms. The Morgan fingerprint density at radius 1 is 1.32 bits per heavy atom. The van der Waals surface area contributed by atoms with Gasteiger partial charge in [-0.05, 0) is 19.1 Å². The maximum Gasteiger partial charge on any atom is 0.230 e. The van der Waals surface area contributed by atoms with E-state index < -0.39 is 0 Å². The SMILES string of the molecule is Cc1ccc(-c2nc3c(c4nc(C(C)C)nn24)CC(=O)N3)o1. The van der Waals surface area contributed by atoms with E-state index in [1.54, 1.807) is 4.52 Å². The first-order chi connectivity index (χ1) is 10.5. The first kappa shape index (κ1) is 13.0. The molecular formula is C15H15N5O2. The Bertz CT molecular complexity index is 906. The molecule has 22 heavy (non-hydrogen) atoms. The smallest absolute Gasteiger partial charge is 0.230 e. The zero-order valence-corrected chi connectivity index (χ0v) is 12.5. The minimum atomic E-state index is -0.0775. The van der Waals surface area contributed by atoms with E-state index >= 15 is 0 Å². The molecule has 0 unspecified atom stereocenters. The number of furan rings is 1. The summed E-state index contributed by atoms with van der Waals surface area (Å²) >= 11 is 0. The van der Waals surface area contributed by atoms with Crippen molar-refractivity contribution in [2.75, 3.05) is 5.32 Å². The molecule has 1 aliphatic rings. The topological polar surface area (TPSA) is 85.3 Å². The van der Waals surface area contributed by atoms with Crippen molar-refractivity contribution in [2.24, 2.45) is 0 Å². The number of rotatable bonds is 2. The van der Waals surface area contributed by atoms with Gasteiger partial charge in [0, 0.05) is 11.5 Å². The van der Waals surface area contributed by atoms with E-state index in [1.165, 1.54) is 0 Å². The van der Waals surface area contributed by atoms with Crippen LogP contribution in [0.2, 0.25) is 0 Å². The normalized spacial score (nSPS) is 13.9. The van der Waals surface area contributed by atoms with Crippen molar-refractivity contribution < 1.29 is 9.21 Å². The number of aryl methyl sites for hydroxylation is 1. The summed E-state index contributed by atoms with van der Waals surface area (Å²) in [7, 11) is 0. The highest BCUT2D eigenvalue weighted by atomic mass is 16.3. The molecule has 4 heterocycles. The third-order valence-corrected chi connectivity index (χ3v) is 3.67. The fourth-order valence-electron chi connectivity index (χ4n) is 2.56. The fourth-order valence-corrected chi connectivity index (χ4v) is 2.56. The van der Waals surface area contributed by atoms with Crippen LogP contribution >= 0.6 is 0 Å². The zero-order valence-electron chi connectivity index (χ0n) is 12.5. The molecule has 112 valence electrons. The van der Waals surface area contributed by atoms with Crippen molar-refractivity contribution in [3.8, 4) is 11.6 Å². The van der Waals surface area contributed by atoms with Crippen LogP contribution in [-0.2, 0) is 11.2 Å². The summed E-state index contributed by atoms with van der Waals surface area (Å²) in [6.45, 7) is 5.93. The third-order valence-electron chi connectivity index (χ3n) is 3.67. The van der Waals surface area contributed by atoms with Crippen LogP contribution in [0.15, 0.2) is 16.5 Å². The van der Waals surface area contributed by atoms with Crippen LogP contribution in [0.1, 0.15) is 36.9 Å². The Kier molecular flexibility index (Phi) is 2.60. The van der Waals surface area contributed by atoms with Crippen LogP contribution in [-0.4, -0.2) is 25.5 Å². The predicted molar refractivity (Wildman–Crippen MR) is 79.6 cm³/mol. The molecule has 1 amide bonds. The van der Waals surface area contributed by atoms with Crippen molar-refractivity contribution in [1.29, 1.82) is 0 Å². The van der Waals surface area contributed by atoms with Gasteiger partial charge in [-0.2, -0.15) is 4.52 Å². The predicted octanol–water partition coefficient (Wildman–Crippen LogP) is 2.31. The monoisotopic (exact) mass is 297 g/mol. The lowest BCUT2D eigenvalue weighted by molar-refractivity contribution is -0.115. The van der Waals surface area contributed by atoms with Crippen LogP contribution in [0, 0.1) is 6.92 Å². The average molecular weight is 297 g/mol. The molecule has 0 aromatic carbocycles. The summed E-state index contributed by atoms with van der Waals surface area (Å²) in [6, 6.07) is 3.71. The van der Waals surface area contributed by atoms with Gasteiger partial charge in [0.15, 0.2) is 17.2 Å². The van der Waals surface area contributed by atoms with Gasteiger partial charge < -0.3 is 9.73 Å². The van der Waals surface area contributed by atoms with Crippen molar-refractivity contribution >= 4 is 17.4 Å². The van der Waals surface area contributed by atoms with Crippen LogP contribution in [0.4, 0.5) is 5.82 Å². The Balaban J connectivity index is 2.04. The Hall–Kier alpha value is -2.70. The lowest BCUT2D eigenvalue weighted by atomic mass is 10.2. The molecule has 0 atom stereocenters. The van der Waals surface area contributed by atoms with Gasteiger partial charge in [-0.1, -0.05) is 13.8 Å². The molecule has 0 spiro atoms. The minimum absolute atomic E-state index is 0.0775. The van der Waals surface area contributed by atoms with Crippen molar-refractivity contribution in [2.45, 2.75) is 33.1 Å². The van der Waals surface area contributed by atoms with Crippen molar-refractivity contribution in [3.05, 3.63) is 29.3 Å². The molecule has 3 aromatic heterocycles. The quantitative estimate of drug-likeness (QED) is 0.784. The van der Waals surface area contributed by atoms with Gasteiger partial charge in [0.2, 0.25) is 11.7 Å². The third kappa shape index (κ3) is 1.82. The Labute approximate surface area is 126 Å². The molecule has 0 radical (unpaired) electrons. The molecule has 3 aromatic rings. The van der Waals surface area contributed by atoms with Crippen molar-refractivity contribution in [1.82, 2.24) is 19.6 Å². The summed E-state index contributed by atoms with van der Waals surface area (Å²) in [6.07, 6.45) is 0.277. The molecule has 0 fully saturated rings. The lowest BCUT2D eigenvalue weighted by Gasteiger charge is -2.04. The molecule has 1 aliphatic heterocycles. The highest BCUT2D eigenvalue weighted by Crippen LogP contribution is 2.30. The molecule has 0 aliphatic carbocycles. The summed E-state index contributed by atoms with van der Waals surface area (Å²) in [4.78, 5) is 20.8. The van der Waals surface area contributed by atoms with E-state index in [2.05, 4.69) is 20.4 Å². The number of fused-ring (bicyclic) bond motifs is 3. The van der Waals surface area contributed by atoms with Gasteiger partial charge in [0.1, 0.15) is 11.6 Å². The molecule has 0 saturated heterocycles. The Morgan fingerprint density at radius 3 is 2.82 bits per heavy atom. The number of amides is 1. The zero-order chi connectivity index (χ0) is 15.4. The van der Waals surface area contributed by atoms with Gasteiger partial charge >= 0.3 is 0 Å². The van der Waals surface area contributed by atoms with Gasteiger partial charge in [-0.15, -0.1) is 5.10 Å². The van der Waals surface area contributed by atoms with E-state index in [9.17, 15) is 4.79 Å². The van der Waals surface area contributed by atoms with Crippen molar-refractivity contribution in [3.63, 3.8) is 0 Å². The molecule has 7 heteroatoms. The van der Waals surface area contributed by atoms with E-state index in [0.717, 1.165) is 17.1 Å².